The van der Waals surface area contributed by atoms with Gasteiger partial charge in [0.05, 0.1) is 15.5 Å². The zero-order valence-electron chi connectivity index (χ0n) is 8.69. The zero-order chi connectivity index (χ0) is 11.1. The first-order valence-electron chi connectivity index (χ1n) is 5.29. The molecule has 0 amide bonds. The number of thiophene rings is 1. The van der Waals surface area contributed by atoms with Gasteiger partial charge in [-0.3, -0.25) is 0 Å². The second-order valence-electron chi connectivity index (χ2n) is 4.09. The second kappa shape index (κ2) is 3.87. The third-order valence-electron chi connectivity index (χ3n) is 2.94. The van der Waals surface area contributed by atoms with E-state index in [2.05, 4.69) is 9.55 Å². The molecule has 3 nitrogen and oxygen atoms in total. The second-order valence-corrected chi connectivity index (χ2v) is 5.81. The van der Waals surface area contributed by atoms with Gasteiger partial charge in [-0.15, -0.1) is 11.3 Å². The Labute approximate surface area is 103 Å². The number of aromatic nitrogens is 2. The van der Waals surface area contributed by atoms with Crippen LogP contribution in [0.3, 0.4) is 0 Å². The fraction of sp³-hybridized carbons (Fsp3) is 0.364. The fourth-order valence-corrected chi connectivity index (χ4v) is 3.20. The smallest absolute Gasteiger partial charge is 0.101 e. The van der Waals surface area contributed by atoms with Gasteiger partial charge < -0.3 is 10.3 Å². The first-order chi connectivity index (χ1) is 7.74. The Morgan fingerprint density at radius 3 is 3.12 bits per heavy atom. The number of hydrogen-bond acceptors (Lipinski definition) is 3. The number of rotatable bonds is 1. The van der Waals surface area contributed by atoms with Crippen LogP contribution in [0.2, 0.25) is 4.34 Å². The van der Waals surface area contributed by atoms with Gasteiger partial charge >= 0.3 is 0 Å². The Morgan fingerprint density at radius 1 is 1.50 bits per heavy atom. The maximum atomic E-state index is 5.95. The number of imidazole rings is 1. The summed E-state index contributed by atoms with van der Waals surface area (Å²) in [7, 11) is 0. The zero-order valence-corrected chi connectivity index (χ0v) is 10.3. The summed E-state index contributed by atoms with van der Waals surface area (Å²) in [6.07, 6.45) is 3.93. The SMILES string of the molecule is NC1CCc2c(-c3ccc(Cl)s3)ncn2C1. The van der Waals surface area contributed by atoms with E-state index in [1.165, 1.54) is 5.69 Å². The maximum Gasteiger partial charge on any atom is 0.101 e. The lowest BCUT2D eigenvalue weighted by Crippen LogP contribution is -2.31. The van der Waals surface area contributed by atoms with Crippen LogP contribution in [0.5, 0.6) is 0 Å². The van der Waals surface area contributed by atoms with E-state index < -0.39 is 0 Å². The van der Waals surface area contributed by atoms with Gasteiger partial charge in [-0.2, -0.15) is 0 Å². The summed E-state index contributed by atoms with van der Waals surface area (Å²) in [6.45, 7) is 0.876. The summed E-state index contributed by atoms with van der Waals surface area (Å²) in [5.74, 6) is 0. The van der Waals surface area contributed by atoms with Crippen molar-refractivity contribution in [3.63, 3.8) is 0 Å². The van der Waals surface area contributed by atoms with E-state index in [0.29, 0.717) is 0 Å². The van der Waals surface area contributed by atoms with E-state index in [0.717, 1.165) is 34.3 Å². The highest BCUT2D eigenvalue weighted by molar-refractivity contribution is 7.19. The number of nitrogens with two attached hydrogens (primary N) is 1. The monoisotopic (exact) mass is 253 g/mol. The van der Waals surface area contributed by atoms with Crippen LogP contribution in [0.15, 0.2) is 18.5 Å². The van der Waals surface area contributed by atoms with Gasteiger partial charge in [0, 0.05) is 18.3 Å². The van der Waals surface area contributed by atoms with Crippen LogP contribution in [0.1, 0.15) is 12.1 Å². The molecule has 0 saturated heterocycles. The molecule has 0 aliphatic carbocycles. The van der Waals surface area contributed by atoms with Gasteiger partial charge in [0.25, 0.3) is 0 Å². The third kappa shape index (κ3) is 1.67. The van der Waals surface area contributed by atoms with Crippen molar-refractivity contribution in [1.82, 2.24) is 9.55 Å². The minimum absolute atomic E-state index is 0.265. The molecule has 3 rings (SSSR count). The van der Waals surface area contributed by atoms with Crippen LogP contribution in [0, 0.1) is 0 Å². The lowest BCUT2D eigenvalue weighted by molar-refractivity contribution is 0.461. The van der Waals surface area contributed by atoms with Crippen molar-refractivity contribution in [2.75, 3.05) is 0 Å². The molecule has 0 aromatic carbocycles. The van der Waals surface area contributed by atoms with Crippen LogP contribution in [-0.2, 0) is 13.0 Å². The van der Waals surface area contributed by atoms with Gasteiger partial charge in [0.15, 0.2) is 0 Å². The molecule has 1 atom stereocenters. The molecule has 0 saturated carbocycles. The molecule has 2 aromatic heterocycles. The van der Waals surface area contributed by atoms with Crippen molar-refractivity contribution in [2.45, 2.75) is 25.4 Å². The van der Waals surface area contributed by atoms with Crippen molar-refractivity contribution in [3.05, 3.63) is 28.5 Å². The molecule has 5 heteroatoms. The Morgan fingerprint density at radius 2 is 2.38 bits per heavy atom. The van der Waals surface area contributed by atoms with Gasteiger partial charge in [-0.25, -0.2) is 4.98 Å². The molecular formula is C11H12ClN3S. The molecule has 3 heterocycles. The molecule has 2 aromatic rings. The van der Waals surface area contributed by atoms with E-state index in [9.17, 15) is 0 Å². The van der Waals surface area contributed by atoms with Gasteiger partial charge in [-0.05, 0) is 25.0 Å². The number of hydrogen-bond donors (Lipinski definition) is 1. The molecule has 2 N–H and O–H groups in total. The van der Waals surface area contributed by atoms with Crippen molar-refractivity contribution in [2.24, 2.45) is 5.73 Å². The molecule has 1 aliphatic heterocycles. The lowest BCUT2D eigenvalue weighted by Gasteiger charge is -2.20. The number of fused-ring (bicyclic) bond motifs is 1. The molecule has 16 heavy (non-hydrogen) atoms. The summed E-state index contributed by atoms with van der Waals surface area (Å²) in [5.41, 5.74) is 8.30. The van der Waals surface area contributed by atoms with Crippen LogP contribution in [-0.4, -0.2) is 15.6 Å². The van der Waals surface area contributed by atoms with Crippen LogP contribution < -0.4 is 5.73 Å². The molecule has 1 unspecified atom stereocenters. The maximum absolute atomic E-state index is 5.95. The highest BCUT2D eigenvalue weighted by atomic mass is 35.5. The number of halogens is 1. The highest BCUT2D eigenvalue weighted by Crippen LogP contribution is 2.33. The first-order valence-corrected chi connectivity index (χ1v) is 6.49. The Hall–Kier alpha value is -0.840. The van der Waals surface area contributed by atoms with E-state index >= 15 is 0 Å². The van der Waals surface area contributed by atoms with Crippen molar-refractivity contribution >= 4 is 22.9 Å². The quantitative estimate of drug-likeness (QED) is 0.849. The Kier molecular flexibility index (Phi) is 2.50. The minimum atomic E-state index is 0.265. The van der Waals surface area contributed by atoms with Crippen molar-refractivity contribution in [1.29, 1.82) is 0 Å². The van der Waals surface area contributed by atoms with Gasteiger partial charge in [0.2, 0.25) is 0 Å². The Bertz CT molecular complexity index is 517. The summed E-state index contributed by atoms with van der Waals surface area (Å²) in [5, 5.41) is 0. The van der Waals surface area contributed by atoms with E-state index in [1.54, 1.807) is 11.3 Å². The average molecular weight is 254 g/mol. The van der Waals surface area contributed by atoms with E-state index in [1.807, 2.05) is 18.5 Å². The topological polar surface area (TPSA) is 43.8 Å². The third-order valence-corrected chi connectivity index (χ3v) is 4.17. The minimum Gasteiger partial charge on any atom is -0.332 e. The van der Waals surface area contributed by atoms with Gasteiger partial charge in [0.1, 0.15) is 5.69 Å². The summed E-state index contributed by atoms with van der Waals surface area (Å²) >= 11 is 7.53. The molecule has 0 spiro atoms. The standard InChI is InChI=1S/C11H12ClN3S/c12-10-4-3-9(16-10)11-8-2-1-7(13)5-15(8)6-14-11/h3-4,6-7H,1-2,5,13H2. The molecule has 0 fully saturated rings. The Balaban J connectivity index is 2.03. The van der Waals surface area contributed by atoms with Crippen LogP contribution in [0.25, 0.3) is 10.6 Å². The van der Waals surface area contributed by atoms with E-state index in [4.69, 9.17) is 17.3 Å². The molecule has 0 radical (unpaired) electrons. The van der Waals surface area contributed by atoms with Crippen LogP contribution >= 0.6 is 22.9 Å². The lowest BCUT2D eigenvalue weighted by atomic mass is 10.0. The van der Waals surface area contributed by atoms with Gasteiger partial charge in [-0.1, -0.05) is 11.6 Å². The molecule has 0 bridgehead atoms. The van der Waals surface area contributed by atoms with E-state index in [-0.39, 0.29) is 6.04 Å². The van der Waals surface area contributed by atoms with Crippen LogP contribution in [0.4, 0.5) is 0 Å². The van der Waals surface area contributed by atoms with Crippen molar-refractivity contribution in [3.8, 4) is 10.6 Å². The molecular weight excluding hydrogens is 242 g/mol. The summed E-state index contributed by atoms with van der Waals surface area (Å²) < 4.78 is 2.97. The normalized spacial score (nSPS) is 19.8. The summed E-state index contributed by atoms with van der Waals surface area (Å²) in [6, 6.07) is 4.22. The predicted octanol–water partition coefficient (Wildman–Crippen LogP) is 2.54. The largest absolute Gasteiger partial charge is 0.332 e. The highest BCUT2D eigenvalue weighted by Gasteiger charge is 2.20. The molecule has 84 valence electrons. The average Bonchev–Trinajstić information content (AvgIpc) is 2.83. The first kappa shape index (κ1) is 10.3. The fourth-order valence-electron chi connectivity index (χ4n) is 2.14. The number of nitrogens with zero attached hydrogens (tertiary/aromatic N) is 2. The molecule has 1 aliphatic rings. The predicted molar refractivity (Wildman–Crippen MR) is 66.8 cm³/mol. The van der Waals surface area contributed by atoms with Crippen molar-refractivity contribution < 1.29 is 0 Å². The summed E-state index contributed by atoms with van der Waals surface area (Å²) in [4.78, 5) is 5.62.